The van der Waals surface area contributed by atoms with Gasteiger partial charge in [0, 0.05) is 16.6 Å². The van der Waals surface area contributed by atoms with Crippen LogP contribution in [0, 0.1) is 5.92 Å². The van der Waals surface area contributed by atoms with Crippen LogP contribution in [0.5, 0.6) is 0 Å². The molecule has 21 heavy (non-hydrogen) atoms. The number of alkyl halides is 2. The van der Waals surface area contributed by atoms with Gasteiger partial charge in [0.05, 0.1) is 0 Å². The first-order valence-corrected chi connectivity index (χ1v) is 8.46. The third-order valence-electron chi connectivity index (χ3n) is 3.77. The van der Waals surface area contributed by atoms with Crippen molar-refractivity contribution in [1.82, 2.24) is 5.32 Å². The summed E-state index contributed by atoms with van der Waals surface area (Å²) in [7, 11) is 0. The highest BCUT2D eigenvalue weighted by atomic mass is 32.2. The molecule has 1 fully saturated rings. The van der Waals surface area contributed by atoms with Gasteiger partial charge in [-0.3, -0.25) is 0 Å². The molecular formula is C15H20F2N2S2. The van der Waals surface area contributed by atoms with Crippen LogP contribution in [0.15, 0.2) is 29.2 Å². The van der Waals surface area contributed by atoms with E-state index in [4.69, 9.17) is 12.2 Å². The smallest absolute Gasteiger partial charge is 0.288 e. The van der Waals surface area contributed by atoms with E-state index in [0.29, 0.717) is 33.7 Å². The standard InChI is InChI=1S/C15H20F2N2S2/c1-10-4-2-3-5-13(10)19-15(20)18-11-6-8-12(9-7-11)21-14(16)17/h6-10,13-14H,2-5H2,1H3,(H2,18,19,20)/t10-,13+/m1/s1. The second-order valence-corrected chi connectivity index (χ2v) is 6.84. The molecule has 0 spiro atoms. The second-order valence-electron chi connectivity index (χ2n) is 5.37. The molecular weight excluding hydrogens is 310 g/mol. The number of hydrogen-bond acceptors (Lipinski definition) is 2. The minimum atomic E-state index is -2.39. The van der Waals surface area contributed by atoms with E-state index in [0.717, 1.165) is 12.1 Å². The number of nitrogens with one attached hydrogen (secondary N) is 2. The molecule has 0 aliphatic heterocycles. The van der Waals surface area contributed by atoms with Crippen molar-refractivity contribution in [2.75, 3.05) is 5.32 Å². The van der Waals surface area contributed by atoms with Gasteiger partial charge >= 0.3 is 0 Å². The molecule has 0 amide bonds. The predicted molar refractivity (Wildman–Crippen MR) is 89.1 cm³/mol. The third kappa shape index (κ3) is 5.43. The summed E-state index contributed by atoms with van der Waals surface area (Å²) in [4.78, 5) is 0.551. The molecule has 0 heterocycles. The highest BCUT2D eigenvalue weighted by Crippen LogP contribution is 2.26. The minimum Gasteiger partial charge on any atom is -0.359 e. The van der Waals surface area contributed by atoms with Crippen LogP contribution in [0.4, 0.5) is 14.5 Å². The van der Waals surface area contributed by atoms with Crippen molar-refractivity contribution in [2.45, 2.75) is 49.3 Å². The Balaban J connectivity index is 1.84. The van der Waals surface area contributed by atoms with Gasteiger partial charge in [-0.05, 0) is 55.2 Å². The van der Waals surface area contributed by atoms with Crippen molar-refractivity contribution in [3.63, 3.8) is 0 Å². The fourth-order valence-corrected chi connectivity index (χ4v) is 3.35. The molecule has 2 rings (SSSR count). The van der Waals surface area contributed by atoms with Crippen molar-refractivity contribution < 1.29 is 8.78 Å². The zero-order valence-corrected chi connectivity index (χ0v) is 13.6. The summed E-state index contributed by atoms with van der Waals surface area (Å²) in [5, 5.41) is 7.07. The van der Waals surface area contributed by atoms with Crippen molar-refractivity contribution in [3.8, 4) is 0 Å². The van der Waals surface area contributed by atoms with E-state index in [-0.39, 0.29) is 0 Å². The summed E-state index contributed by atoms with van der Waals surface area (Å²) < 4.78 is 24.5. The summed E-state index contributed by atoms with van der Waals surface area (Å²) in [6.45, 7) is 2.25. The second kappa shape index (κ2) is 7.94. The Morgan fingerprint density at radius 2 is 1.90 bits per heavy atom. The molecule has 116 valence electrons. The molecule has 0 unspecified atom stereocenters. The molecule has 1 aliphatic rings. The van der Waals surface area contributed by atoms with Crippen molar-refractivity contribution in [1.29, 1.82) is 0 Å². The monoisotopic (exact) mass is 330 g/mol. The van der Waals surface area contributed by atoms with E-state index in [2.05, 4.69) is 17.6 Å². The largest absolute Gasteiger partial charge is 0.359 e. The van der Waals surface area contributed by atoms with E-state index in [1.807, 2.05) is 0 Å². The van der Waals surface area contributed by atoms with Gasteiger partial charge < -0.3 is 10.6 Å². The summed E-state index contributed by atoms with van der Waals surface area (Å²) in [5.74, 6) is -1.76. The Bertz CT molecular complexity index is 465. The first-order valence-electron chi connectivity index (χ1n) is 7.17. The topological polar surface area (TPSA) is 24.1 Å². The summed E-state index contributed by atoms with van der Waals surface area (Å²) in [5.41, 5.74) is 0.814. The lowest BCUT2D eigenvalue weighted by atomic mass is 9.86. The summed E-state index contributed by atoms with van der Waals surface area (Å²) >= 11 is 5.87. The SMILES string of the molecule is C[C@@H]1CCCC[C@@H]1NC(=S)Nc1ccc(SC(F)F)cc1. The average molecular weight is 330 g/mol. The number of benzene rings is 1. The number of anilines is 1. The number of rotatable bonds is 4. The lowest BCUT2D eigenvalue weighted by Crippen LogP contribution is -2.43. The molecule has 1 aromatic rings. The maximum Gasteiger partial charge on any atom is 0.288 e. The molecule has 1 saturated carbocycles. The highest BCUT2D eigenvalue weighted by molar-refractivity contribution is 7.99. The fourth-order valence-electron chi connectivity index (χ4n) is 2.59. The lowest BCUT2D eigenvalue weighted by Gasteiger charge is -2.30. The summed E-state index contributed by atoms with van der Waals surface area (Å²) in [6.07, 6.45) is 4.92. The fraction of sp³-hybridized carbons (Fsp3) is 0.533. The number of thiocarbonyl (C=S) groups is 1. The van der Waals surface area contributed by atoms with Gasteiger partial charge in [-0.1, -0.05) is 31.5 Å². The van der Waals surface area contributed by atoms with E-state index in [1.54, 1.807) is 24.3 Å². The maximum atomic E-state index is 12.2. The molecule has 2 N–H and O–H groups in total. The molecule has 1 aliphatic carbocycles. The van der Waals surface area contributed by atoms with Gasteiger partial charge in [-0.25, -0.2) is 0 Å². The molecule has 2 nitrogen and oxygen atoms in total. The quantitative estimate of drug-likeness (QED) is 0.608. The van der Waals surface area contributed by atoms with Crippen LogP contribution in [-0.2, 0) is 0 Å². The van der Waals surface area contributed by atoms with Crippen LogP contribution in [0.2, 0.25) is 0 Å². The Morgan fingerprint density at radius 1 is 1.24 bits per heavy atom. The first kappa shape index (κ1) is 16.5. The van der Waals surface area contributed by atoms with E-state index in [1.165, 1.54) is 19.3 Å². The van der Waals surface area contributed by atoms with Crippen molar-refractivity contribution in [2.24, 2.45) is 5.92 Å². The molecule has 2 atom stereocenters. The predicted octanol–water partition coefficient (Wildman–Crippen LogP) is 4.87. The summed E-state index contributed by atoms with van der Waals surface area (Å²) in [6, 6.07) is 7.30. The van der Waals surface area contributed by atoms with E-state index >= 15 is 0 Å². The van der Waals surface area contributed by atoms with Crippen LogP contribution >= 0.6 is 24.0 Å². The van der Waals surface area contributed by atoms with Crippen LogP contribution < -0.4 is 10.6 Å². The van der Waals surface area contributed by atoms with Gasteiger partial charge in [-0.15, -0.1) is 0 Å². The average Bonchev–Trinajstić information content (AvgIpc) is 2.43. The van der Waals surface area contributed by atoms with E-state index < -0.39 is 5.76 Å². The number of hydrogen-bond donors (Lipinski definition) is 2. The highest BCUT2D eigenvalue weighted by Gasteiger charge is 2.21. The molecule has 0 radical (unpaired) electrons. The zero-order valence-electron chi connectivity index (χ0n) is 11.9. The Morgan fingerprint density at radius 3 is 2.52 bits per heavy atom. The van der Waals surface area contributed by atoms with Gasteiger partial charge in [0.1, 0.15) is 0 Å². The van der Waals surface area contributed by atoms with E-state index in [9.17, 15) is 8.78 Å². The van der Waals surface area contributed by atoms with Crippen molar-refractivity contribution >= 4 is 34.8 Å². The minimum absolute atomic E-state index is 0.424. The van der Waals surface area contributed by atoms with Crippen LogP contribution in [0.1, 0.15) is 32.6 Å². The van der Waals surface area contributed by atoms with Gasteiger partial charge in [0.2, 0.25) is 0 Å². The van der Waals surface area contributed by atoms with Gasteiger partial charge in [-0.2, -0.15) is 8.78 Å². The zero-order chi connectivity index (χ0) is 15.2. The molecule has 0 aromatic heterocycles. The Kier molecular flexibility index (Phi) is 6.23. The van der Waals surface area contributed by atoms with Crippen LogP contribution in [-0.4, -0.2) is 16.9 Å². The molecule has 1 aromatic carbocycles. The Labute approximate surface area is 134 Å². The number of thioether (sulfide) groups is 1. The third-order valence-corrected chi connectivity index (χ3v) is 4.71. The van der Waals surface area contributed by atoms with Crippen LogP contribution in [0.3, 0.4) is 0 Å². The Hall–Kier alpha value is -0.880. The maximum absolute atomic E-state index is 12.2. The lowest BCUT2D eigenvalue weighted by molar-refractivity contribution is 0.252. The molecule has 0 saturated heterocycles. The van der Waals surface area contributed by atoms with Gasteiger partial charge in [0.15, 0.2) is 5.11 Å². The van der Waals surface area contributed by atoms with Crippen LogP contribution in [0.25, 0.3) is 0 Å². The van der Waals surface area contributed by atoms with Crippen molar-refractivity contribution in [3.05, 3.63) is 24.3 Å². The first-order chi connectivity index (χ1) is 10.0. The molecule has 6 heteroatoms. The molecule has 0 bridgehead atoms. The normalized spacial score (nSPS) is 22.1. The number of halogens is 2. The van der Waals surface area contributed by atoms with Gasteiger partial charge in [0.25, 0.3) is 5.76 Å².